The third-order valence-electron chi connectivity index (χ3n) is 3.61. The minimum absolute atomic E-state index is 0.300. The van der Waals surface area contributed by atoms with E-state index in [1.54, 1.807) is 28.8 Å². The SMILES string of the molecule is C[C@H](NS(=O)(=O)c1ccc(Cl)c(C(F)(F)F)c1)c1nnc2ccccn12. The van der Waals surface area contributed by atoms with Crippen LogP contribution in [-0.2, 0) is 16.2 Å². The van der Waals surface area contributed by atoms with E-state index in [0.29, 0.717) is 17.5 Å². The zero-order chi connectivity index (χ0) is 19.1. The predicted molar refractivity (Wildman–Crippen MR) is 88.2 cm³/mol. The molecule has 0 aliphatic heterocycles. The highest BCUT2D eigenvalue weighted by atomic mass is 35.5. The van der Waals surface area contributed by atoms with Crippen LogP contribution in [0.1, 0.15) is 24.4 Å². The Morgan fingerprint density at radius 1 is 1.19 bits per heavy atom. The normalized spacial score (nSPS) is 13.9. The number of hydrogen-bond acceptors (Lipinski definition) is 4. The molecular weight excluding hydrogens is 393 g/mol. The van der Waals surface area contributed by atoms with Gasteiger partial charge in [-0.25, -0.2) is 13.1 Å². The highest BCUT2D eigenvalue weighted by molar-refractivity contribution is 7.89. The van der Waals surface area contributed by atoms with Gasteiger partial charge in [0.15, 0.2) is 11.5 Å². The molecule has 0 unspecified atom stereocenters. The van der Waals surface area contributed by atoms with Gasteiger partial charge in [0.05, 0.1) is 21.5 Å². The molecule has 0 saturated carbocycles. The average Bonchev–Trinajstić information content (AvgIpc) is 2.97. The first-order chi connectivity index (χ1) is 12.1. The molecule has 3 rings (SSSR count). The zero-order valence-corrected chi connectivity index (χ0v) is 14.8. The Bertz CT molecular complexity index is 1070. The molecule has 1 atom stereocenters. The van der Waals surface area contributed by atoms with Crippen molar-refractivity contribution in [3.8, 4) is 0 Å². The molecule has 6 nitrogen and oxygen atoms in total. The van der Waals surface area contributed by atoms with Crippen molar-refractivity contribution in [3.05, 3.63) is 59.0 Å². The Kier molecular flexibility index (Phi) is 4.67. The fraction of sp³-hybridized carbons (Fsp3) is 0.200. The summed E-state index contributed by atoms with van der Waals surface area (Å²) in [7, 11) is -4.24. The lowest BCUT2D eigenvalue weighted by atomic mass is 10.2. The largest absolute Gasteiger partial charge is 0.417 e. The lowest BCUT2D eigenvalue weighted by molar-refractivity contribution is -0.137. The Morgan fingerprint density at radius 2 is 1.92 bits per heavy atom. The van der Waals surface area contributed by atoms with Crippen LogP contribution in [0, 0.1) is 0 Å². The lowest BCUT2D eigenvalue weighted by Crippen LogP contribution is -2.28. The second-order valence-electron chi connectivity index (χ2n) is 5.47. The standard InChI is InChI=1S/C15H12ClF3N4O2S/c1-9(14-21-20-13-4-2-3-7-23(13)14)22-26(24,25)10-5-6-12(16)11(8-10)15(17,18)19/h2-9,22H,1H3/t9-/m0/s1. The molecule has 11 heteroatoms. The monoisotopic (exact) mass is 404 g/mol. The first kappa shape index (κ1) is 18.6. The fourth-order valence-corrected chi connectivity index (χ4v) is 3.85. The lowest BCUT2D eigenvalue weighted by Gasteiger charge is -2.15. The minimum Gasteiger partial charge on any atom is -0.285 e. The molecule has 1 aromatic carbocycles. The Labute approximate surface area is 151 Å². The van der Waals surface area contributed by atoms with Gasteiger partial charge in [0.25, 0.3) is 0 Å². The number of halogens is 4. The number of nitrogens with one attached hydrogen (secondary N) is 1. The van der Waals surface area contributed by atoms with E-state index < -0.39 is 37.7 Å². The quantitative estimate of drug-likeness (QED) is 0.722. The molecule has 2 aromatic heterocycles. The van der Waals surface area contributed by atoms with Gasteiger partial charge in [0.1, 0.15) is 0 Å². The van der Waals surface area contributed by atoms with Gasteiger partial charge in [-0.15, -0.1) is 10.2 Å². The van der Waals surface area contributed by atoms with Crippen LogP contribution in [0.3, 0.4) is 0 Å². The minimum atomic E-state index is -4.77. The first-order valence-electron chi connectivity index (χ1n) is 7.28. The number of nitrogens with zero attached hydrogens (tertiary/aromatic N) is 3. The summed E-state index contributed by atoms with van der Waals surface area (Å²) in [5, 5.41) is 7.27. The van der Waals surface area contributed by atoms with Crippen LogP contribution in [0.5, 0.6) is 0 Å². The molecule has 0 bridgehead atoms. The number of alkyl halides is 3. The van der Waals surface area contributed by atoms with E-state index in [1.165, 1.54) is 6.92 Å². The predicted octanol–water partition coefficient (Wildman–Crippen LogP) is 3.44. The van der Waals surface area contributed by atoms with Gasteiger partial charge in [-0.05, 0) is 37.3 Å². The average molecular weight is 405 g/mol. The van der Waals surface area contributed by atoms with Crippen molar-refractivity contribution in [2.75, 3.05) is 0 Å². The Hall–Kier alpha value is -2.17. The number of aromatic nitrogens is 3. The summed E-state index contributed by atoms with van der Waals surface area (Å²) in [5.74, 6) is 0.300. The van der Waals surface area contributed by atoms with E-state index in [0.717, 1.165) is 12.1 Å². The van der Waals surface area contributed by atoms with Crippen molar-refractivity contribution in [2.45, 2.75) is 24.0 Å². The second kappa shape index (κ2) is 6.53. The van der Waals surface area contributed by atoms with Crippen LogP contribution in [0.4, 0.5) is 13.2 Å². The number of fused-ring (bicyclic) bond motifs is 1. The van der Waals surface area contributed by atoms with Gasteiger partial charge in [0, 0.05) is 6.20 Å². The van der Waals surface area contributed by atoms with Crippen LogP contribution in [-0.4, -0.2) is 23.0 Å². The fourth-order valence-electron chi connectivity index (χ4n) is 2.40. The summed E-state index contributed by atoms with van der Waals surface area (Å²) >= 11 is 5.53. The smallest absolute Gasteiger partial charge is 0.285 e. The van der Waals surface area contributed by atoms with E-state index in [4.69, 9.17) is 11.6 Å². The van der Waals surface area contributed by atoms with Crippen LogP contribution in [0.15, 0.2) is 47.5 Å². The molecule has 0 radical (unpaired) electrons. The number of rotatable bonds is 4. The summed E-state index contributed by atoms with van der Waals surface area (Å²) < 4.78 is 67.7. The molecule has 138 valence electrons. The maximum atomic E-state index is 13.0. The first-order valence-corrected chi connectivity index (χ1v) is 9.14. The third-order valence-corrected chi connectivity index (χ3v) is 5.48. The van der Waals surface area contributed by atoms with E-state index >= 15 is 0 Å². The second-order valence-corrected chi connectivity index (χ2v) is 7.59. The highest BCUT2D eigenvalue weighted by Gasteiger charge is 2.34. The highest BCUT2D eigenvalue weighted by Crippen LogP contribution is 2.36. The maximum absolute atomic E-state index is 13.0. The molecule has 2 heterocycles. The molecule has 0 amide bonds. The van der Waals surface area contributed by atoms with Crippen molar-refractivity contribution in [2.24, 2.45) is 0 Å². The van der Waals surface area contributed by atoms with Crippen LogP contribution in [0.25, 0.3) is 5.65 Å². The summed E-state index contributed by atoms with van der Waals surface area (Å²) in [4.78, 5) is -0.546. The van der Waals surface area contributed by atoms with Crippen molar-refractivity contribution >= 4 is 27.3 Å². The van der Waals surface area contributed by atoms with Crippen molar-refractivity contribution < 1.29 is 21.6 Å². The zero-order valence-electron chi connectivity index (χ0n) is 13.2. The molecule has 0 fully saturated rings. The molecule has 1 N–H and O–H groups in total. The van der Waals surface area contributed by atoms with Crippen LogP contribution in [0.2, 0.25) is 5.02 Å². The maximum Gasteiger partial charge on any atom is 0.417 e. The number of sulfonamides is 1. The van der Waals surface area contributed by atoms with E-state index in [9.17, 15) is 21.6 Å². The molecule has 3 aromatic rings. The van der Waals surface area contributed by atoms with Gasteiger partial charge in [0.2, 0.25) is 10.0 Å². The molecule has 0 saturated heterocycles. The molecule has 0 aliphatic rings. The van der Waals surface area contributed by atoms with Crippen LogP contribution >= 0.6 is 11.6 Å². The van der Waals surface area contributed by atoms with Crippen molar-refractivity contribution in [3.63, 3.8) is 0 Å². The number of hydrogen-bond donors (Lipinski definition) is 1. The summed E-state index contributed by atoms with van der Waals surface area (Å²) in [5.41, 5.74) is -0.706. The Morgan fingerprint density at radius 3 is 2.62 bits per heavy atom. The van der Waals surface area contributed by atoms with Crippen molar-refractivity contribution in [1.29, 1.82) is 0 Å². The number of benzene rings is 1. The van der Waals surface area contributed by atoms with Gasteiger partial charge in [-0.1, -0.05) is 17.7 Å². The van der Waals surface area contributed by atoms with Gasteiger partial charge < -0.3 is 0 Å². The van der Waals surface area contributed by atoms with Crippen LogP contribution < -0.4 is 4.72 Å². The van der Waals surface area contributed by atoms with Gasteiger partial charge >= 0.3 is 6.18 Å². The molecule has 0 aliphatic carbocycles. The molecule has 0 spiro atoms. The van der Waals surface area contributed by atoms with E-state index in [-0.39, 0.29) is 0 Å². The van der Waals surface area contributed by atoms with Gasteiger partial charge in [-0.3, -0.25) is 4.40 Å². The van der Waals surface area contributed by atoms with E-state index in [2.05, 4.69) is 14.9 Å². The summed E-state index contributed by atoms with van der Waals surface area (Å²) in [6, 6.07) is 6.73. The molecular formula is C15H12ClF3N4O2S. The van der Waals surface area contributed by atoms with Gasteiger partial charge in [-0.2, -0.15) is 13.2 Å². The third kappa shape index (κ3) is 3.53. The summed E-state index contributed by atoms with van der Waals surface area (Å²) in [6.07, 6.45) is -3.11. The number of pyridine rings is 1. The van der Waals surface area contributed by atoms with E-state index in [1.807, 2.05) is 0 Å². The topological polar surface area (TPSA) is 76.4 Å². The molecule has 26 heavy (non-hydrogen) atoms. The van der Waals surface area contributed by atoms with Crippen molar-refractivity contribution in [1.82, 2.24) is 19.3 Å². The summed E-state index contributed by atoms with van der Waals surface area (Å²) in [6.45, 7) is 1.52. The Balaban J connectivity index is 1.94.